The van der Waals surface area contributed by atoms with E-state index in [2.05, 4.69) is 39.8 Å². The molecule has 1 N–H and O–H groups in total. The second kappa shape index (κ2) is 9.03. The van der Waals surface area contributed by atoms with E-state index in [9.17, 15) is 4.79 Å². The topological polar surface area (TPSA) is 54.4 Å². The molecule has 0 aliphatic carbocycles. The van der Waals surface area contributed by atoms with Gasteiger partial charge in [0.05, 0.1) is 11.7 Å². The highest BCUT2D eigenvalue weighted by molar-refractivity contribution is 7.98. The third-order valence-corrected chi connectivity index (χ3v) is 6.38. The molecule has 2 aromatic carbocycles. The first kappa shape index (κ1) is 19.4. The molecule has 0 aliphatic heterocycles. The Balaban J connectivity index is 1.36. The lowest BCUT2D eigenvalue weighted by Crippen LogP contribution is -2.17. The second-order valence-electron chi connectivity index (χ2n) is 6.46. The van der Waals surface area contributed by atoms with Crippen molar-refractivity contribution in [1.82, 2.24) is 10.4 Å². The Bertz CT molecular complexity index is 1160. The molecule has 0 saturated heterocycles. The third kappa shape index (κ3) is 4.91. The maximum absolute atomic E-state index is 12.2. The number of rotatable bonds is 6. The Hall–Kier alpha value is -2.96. The van der Waals surface area contributed by atoms with Gasteiger partial charge in [0.25, 0.3) is 5.91 Å². The number of aryl methyl sites for hydroxylation is 1. The van der Waals surface area contributed by atoms with E-state index in [1.54, 1.807) is 29.3 Å². The number of thiophene rings is 1. The maximum atomic E-state index is 12.2. The minimum absolute atomic E-state index is 0.216. The number of amides is 1. The summed E-state index contributed by atoms with van der Waals surface area (Å²) in [4.78, 5) is 20.1. The highest BCUT2D eigenvalue weighted by Crippen LogP contribution is 2.28. The summed E-state index contributed by atoms with van der Waals surface area (Å²) in [5.74, 6) is 0.597. The predicted molar refractivity (Wildman–Crippen MR) is 122 cm³/mol. The van der Waals surface area contributed by atoms with E-state index >= 15 is 0 Å². The number of carbonyl (C=O) groups is 1. The van der Waals surface area contributed by atoms with Crippen molar-refractivity contribution in [3.8, 4) is 0 Å². The lowest BCUT2D eigenvalue weighted by Gasteiger charge is -2.06. The zero-order valence-electron chi connectivity index (χ0n) is 15.8. The van der Waals surface area contributed by atoms with Gasteiger partial charge in [-0.3, -0.25) is 9.78 Å². The lowest BCUT2D eigenvalue weighted by atomic mass is 10.1. The summed E-state index contributed by atoms with van der Waals surface area (Å²) in [5.41, 5.74) is 5.34. The molecule has 0 aliphatic rings. The number of hydrogen-bond acceptors (Lipinski definition) is 5. The van der Waals surface area contributed by atoms with Crippen LogP contribution in [0.2, 0.25) is 0 Å². The minimum Gasteiger partial charge on any atom is -0.267 e. The number of nitrogens with zero attached hydrogens (tertiary/aromatic N) is 2. The normalized spacial score (nSPS) is 11.2. The van der Waals surface area contributed by atoms with Gasteiger partial charge in [-0.25, -0.2) is 5.43 Å². The van der Waals surface area contributed by atoms with Gasteiger partial charge in [0, 0.05) is 37.5 Å². The fraction of sp³-hybridized carbons (Fsp3) is 0.0870. The van der Waals surface area contributed by atoms with Crippen molar-refractivity contribution in [2.24, 2.45) is 5.10 Å². The van der Waals surface area contributed by atoms with Crippen LogP contribution in [0.4, 0.5) is 0 Å². The Morgan fingerprint density at radius 3 is 2.72 bits per heavy atom. The Kier molecular flexibility index (Phi) is 6.03. The molecule has 144 valence electrons. The largest absolute Gasteiger partial charge is 0.271 e. The first-order chi connectivity index (χ1) is 14.2. The number of hydrogen-bond donors (Lipinski definition) is 1. The number of benzene rings is 2. The van der Waals surface area contributed by atoms with E-state index in [1.807, 2.05) is 55.6 Å². The monoisotopic (exact) mass is 417 g/mol. The SMILES string of the molecule is Cc1ccc(C=NNC(=O)c2ccc(CSc3cccc4cccnc34)cc2)s1. The summed E-state index contributed by atoms with van der Waals surface area (Å²) in [5, 5.41) is 5.17. The highest BCUT2D eigenvalue weighted by Gasteiger charge is 2.06. The van der Waals surface area contributed by atoms with Gasteiger partial charge >= 0.3 is 0 Å². The van der Waals surface area contributed by atoms with Crippen LogP contribution in [0.25, 0.3) is 10.9 Å². The van der Waals surface area contributed by atoms with Crippen LogP contribution in [0.15, 0.2) is 82.9 Å². The Morgan fingerprint density at radius 1 is 1.10 bits per heavy atom. The summed E-state index contributed by atoms with van der Waals surface area (Å²) in [6.07, 6.45) is 3.49. The van der Waals surface area contributed by atoms with Crippen molar-refractivity contribution in [2.75, 3.05) is 0 Å². The molecule has 0 unspecified atom stereocenters. The van der Waals surface area contributed by atoms with Crippen LogP contribution >= 0.6 is 23.1 Å². The van der Waals surface area contributed by atoms with Crippen molar-refractivity contribution < 1.29 is 4.79 Å². The zero-order chi connectivity index (χ0) is 20.1. The first-order valence-corrected chi connectivity index (χ1v) is 10.9. The first-order valence-electron chi connectivity index (χ1n) is 9.14. The number of para-hydroxylation sites is 1. The molecule has 4 rings (SSSR count). The van der Waals surface area contributed by atoms with Crippen LogP contribution < -0.4 is 5.43 Å². The Labute approximate surface area is 177 Å². The van der Waals surface area contributed by atoms with E-state index in [0.717, 1.165) is 32.0 Å². The number of hydrazone groups is 1. The van der Waals surface area contributed by atoms with Gasteiger partial charge in [-0.2, -0.15) is 5.10 Å². The average Bonchev–Trinajstić information content (AvgIpc) is 3.17. The molecule has 0 radical (unpaired) electrons. The minimum atomic E-state index is -0.216. The van der Waals surface area contributed by atoms with E-state index in [0.29, 0.717) is 5.56 Å². The summed E-state index contributed by atoms with van der Waals surface area (Å²) in [7, 11) is 0. The van der Waals surface area contributed by atoms with Gasteiger partial charge in [0.2, 0.25) is 0 Å². The lowest BCUT2D eigenvalue weighted by molar-refractivity contribution is 0.0955. The van der Waals surface area contributed by atoms with Gasteiger partial charge in [-0.05, 0) is 48.9 Å². The van der Waals surface area contributed by atoms with Gasteiger partial charge in [-0.15, -0.1) is 23.1 Å². The number of thioether (sulfide) groups is 1. The van der Waals surface area contributed by atoms with E-state index in [-0.39, 0.29) is 5.91 Å². The fourth-order valence-corrected chi connectivity index (χ4v) is 4.59. The number of nitrogens with one attached hydrogen (secondary N) is 1. The van der Waals surface area contributed by atoms with E-state index in [4.69, 9.17) is 0 Å². The molecule has 1 amide bonds. The number of carbonyl (C=O) groups excluding carboxylic acids is 1. The molecule has 0 fully saturated rings. The molecule has 29 heavy (non-hydrogen) atoms. The van der Waals surface area contributed by atoms with Crippen LogP contribution in [-0.4, -0.2) is 17.1 Å². The number of fused-ring (bicyclic) bond motifs is 1. The summed E-state index contributed by atoms with van der Waals surface area (Å²) >= 11 is 3.38. The van der Waals surface area contributed by atoms with Gasteiger partial charge in [0.1, 0.15) is 0 Å². The summed E-state index contributed by atoms with van der Waals surface area (Å²) < 4.78 is 0. The van der Waals surface area contributed by atoms with Crippen molar-refractivity contribution in [3.63, 3.8) is 0 Å². The third-order valence-electron chi connectivity index (χ3n) is 4.33. The molecule has 4 aromatic rings. The van der Waals surface area contributed by atoms with E-state index in [1.165, 1.54) is 4.88 Å². The second-order valence-corrected chi connectivity index (χ2v) is 8.80. The molecular weight excluding hydrogens is 398 g/mol. The molecule has 0 saturated carbocycles. The fourth-order valence-electron chi connectivity index (χ4n) is 2.85. The van der Waals surface area contributed by atoms with Crippen LogP contribution in [-0.2, 0) is 5.75 Å². The molecule has 0 bridgehead atoms. The van der Waals surface area contributed by atoms with Crippen LogP contribution in [0.5, 0.6) is 0 Å². The van der Waals surface area contributed by atoms with Crippen molar-refractivity contribution >= 4 is 46.1 Å². The number of aromatic nitrogens is 1. The highest BCUT2D eigenvalue weighted by atomic mass is 32.2. The molecule has 4 nitrogen and oxygen atoms in total. The zero-order valence-corrected chi connectivity index (χ0v) is 17.5. The van der Waals surface area contributed by atoms with Crippen LogP contribution in [0, 0.1) is 6.92 Å². The van der Waals surface area contributed by atoms with Crippen molar-refractivity contribution in [2.45, 2.75) is 17.6 Å². The average molecular weight is 418 g/mol. The number of pyridine rings is 1. The summed E-state index contributed by atoms with van der Waals surface area (Å²) in [6, 6.07) is 21.9. The van der Waals surface area contributed by atoms with Crippen molar-refractivity contribution in [1.29, 1.82) is 0 Å². The van der Waals surface area contributed by atoms with Gasteiger partial charge in [0.15, 0.2) is 0 Å². The van der Waals surface area contributed by atoms with Crippen molar-refractivity contribution in [3.05, 3.63) is 93.8 Å². The molecule has 6 heteroatoms. The standard InChI is InChI=1S/C23H19N3OS2/c1-16-7-12-20(29-16)14-25-26-23(27)19-10-8-17(9-11-19)15-28-21-6-2-4-18-5-3-13-24-22(18)21/h2-14H,15H2,1H3,(H,26,27). The maximum Gasteiger partial charge on any atom is 0.271 e. The van der Waals surface area contributed by atoms with Crippen LogP contribution in [0.1, 0.15) is 25.7 Å². The summed E-state index contributed by atoms with van der Waals surface area (Å²) in [6.45, 7) is 2.04. The Morgan fingerprint density at radius 2 is 1.93 bits per heavy atom. The molecule has 2 heterocycles. The predicted octanol–water partition coefficient (Wildman–Crippen LogP) is 5.66. The van der Waals surface area contributed by atoms with E-state index < -0.39 is 0 Å². The van der Waals surface area contributed by atoms with Gasteiger partial charge < -0.3 is 0 Å². The van der Waals surface area contributed by atoms with Crippen LogP contribution in [0.3, 0.4) is 0 Å². The molecular formula is C23H19N3OS2. The molecule has 2 aromatic heterocycles. The molecule has 0 atom stereocenters. The smallest absolute Gasteiger partial charge is 0.267 e. The quantitative estimate of drug-likeness (QED) is 0.250. The molecule has 0 spiro atoms. The van der Waals surface area contributed by atoms with Gasteiger partial charge in [-0.1, -0.05) is 30.3 Å².